The Morgan fingerprint density at radius 2 is 2.00 bits per heavy atom. The number of nitrogens with zero attached hydrogens (tertiary/aromatic N) is 1. The van der Waals surface area contributed by atoms with E-state index < -0.39 is 0 Å². The van der Waals surface area contributed by atoms with Crippen molar-refractivity contribution in [2.75, 3.05) is 0 Å². The van der Waals surface area contributed by atoms with E-state index in [4.69, 9.17) is 9.15 Å². The largest absolute Gasteiger partial charge is 0.426 e. The molecule has 0 aliphatic rings. The van der Waals surface area contributed by atoms with Crippen LogP contribution in [0.5, 0.6) is 11.7 Å². The monoisotopic (exact) mass is 389 g/mol. The van der Waals surface area contributed by atoms with Crippen molar-refractivity contribution in [3.05, 3.63) is 77.3 Å². The first kappa shape index (κ1) is 18.8. The van der Waals surface area contributed by atoms with Crippen LogP contribution in [0.15, 0.2) is 59.0 Å². The number of ether oxygens (including phenoxy) is 1. The highest BCUT2D eigenvalue weighted by molar-refractivity contribution is 5.91. The summed E-state index contributed by atoms with van der Waals surface area (Å²) in [5.41, 5.74) is 3.98. The van der Waals surface area contributed by atoms with Gasteiger partial charge in [0.15, 0.2) is 5.76 Å². The van der Waals surface area contributed by atoms with E-state index in [1.807, 2.05) is 43.3 Å². The van der Waals surface area contributed by atoms with E-state index in [0.29, 0.717) is 11.7 Å². The summed E-state index contributed by atoms with van der Waals surface area (Å²) in [5, 5.41) is 2.81. The smallest absolute Gasteiger partial charge is 0.290 e. The maximum atomic E-state index is 12.4. The van der Waals surface area contributed by atoms with Crippen molar-refractivity contribution >= 4 is 16.9 Å². The van der Waals surface area contributed by atoms with Crippen LogP contribution in [0.2, 0.25) is 0 Å². The van der Waals surface area contributed by atoms with Gasteiger partial charge >= 0.3 is 0 Å². The fourth-order valence-corrected chi connectivity index (χ4v) is 3.03. The van der Waals surface area contributed by atoms with Crippen LogP contribution in [0, 0.1) is 6.92 Å². The summed E-state index contributed by atoms with van der Waals surface area (Å²) in [4.78, 5) is 20.0. The lowest BCUT2D eigenvalue weighted by molar-refractivity contribution is 0.0917. The molecule has 6 nitrogen and oxygen atoms in total. The molecule has 0 saturated carbocycles. The molecule has 2 aromatic carbocycles. The van der Waals surface area contributed by atoms with Gasteiger partial charge in [-0.25, -0.2) is 4.98 Å². The number of aromatic amines is 1. The minimum atomic E-state index is -0.326. The van der Waals surface area contributed by atoms with Gasteiger partial charge in [0.2, 0.25) is 0 Å². The molecule has 29 heavy (non-hydrogen) atoms. The summed E-state index contributed by atoms with van der Waals surface area (Å²) in [6.45, 7) is 6.51. The van der Waals surface area contributed by atoms with Crippen molar-refractivity contribution in [1.82, 2.24) is 15.3 Å². The van der Waals surface area contributed by atoms with Crippen LogP contribution in [0.25, 0.3) is 11.0 Å². The zero-order chi connectivity index (χ0) is 20.4. The molecule has 0 aliphatic heterocycles. The number of aryl methyl sites for hydroxylation is 1. The number of H-pyrrole nitrogens is 1. The van der Waals surface area contributed by atoms with Crippen LogP contribution in [0.3, 0.4) is 0 Å². The van der Waals surface area contributed by atoms with Crippen molar-refractivity contribution in [2.45, 2.75) is 33.2 Å². The van der Waals surface area contributed by atoms with E-state index in [2.05, 4.69) is 35.2 Å². The second kappa shape index (κ2) is 7.83. The number of carbonyl (C=O) groups excluding carboxylic acids is 1. The number of nitrogens with one attached hydrogen (secondary N) is 2. The molecule has 2 heterocycles. The molecule has 6 heteroatoms. The summed E-state index contributed by atoms with van der Waals surface area (Å²) in [6, 6.07) is 17.1. The Morgan fingerprint density at radius 3 is 2.79 bits per heavy atom. The maximum Gasteiger partial charge on any atom is 0.290 e. The molecule has 2 N–H and O–H groups in total. The second-order valence-electron chi connectivity index (χ2n) is 7.28. The highest BCUT2D eigenvalue weighted by Crippen LogP contribution is 2.29. The van der Waals surface area contributed by atoms with E-state index in [-0.39, 0.29) is 24.2 Å². The number of hydrogen-bond acceptors (Lipinski definition) is 4. The second-order valence-corrected chi connectivity index (χ2v) is 7.28. The van der Waals surface area contributed by atoms with Gasteiger partial charge in [0.25, 0.3) is 11.9 Å². The van der Waals surface area contributed by atoms with E-state index in [9.17, 15) is 4.79 Å². The first-order chi connectivity index (χ1) is 14.0. The van der Waals surface area contributed by atoms with Crippen LogP contribution in [-0.2, 0) is 6.54 Å². The van der Waals surface area contributed by atoms with Crippen LogP contribution in [0.1, 0.15) is 47.3 Å². The van der Waals surface area contributed by atoms with Gasteiger partial charge in [0, 0.05) is 6.07 Å². The van der Waals surface area contributed by atoms with Crippen LogP contribution < -0.4 is 10.1 Å². The molecule has 0 bridgehead atoms. The van der Waals surface area contributed by atoms with E-state index in [1.54, 1.807) is 12.1 Å². The Labute approximate surface area is 168 Å². The minimum Gasteiger partial charge on any atom is -0.426 e. The summed E-state index contributed by atoms with van der Waals surface area (Å²) in [6.07, 6.45) is 0. The van der Waals surface area contributed by atoms with Gasteiger partial charge in [-0.15, -0.1) is 0 Å². The first-order valence-corrected chi connectivity index (χ1v) is 9.59. The van der Waals surface area contributed by atoms with Gasteiger partial charge in [0.1, 0.15) is 11.6 Å². The SMILES string of the molecule is Cc1ccc(C(C)C)cc1Oc1ccc(C(=O)NCc2nc3ccccc3[nH]2)o1. The minimum absolute atomic E-state index is 0.189. The van der Waals surface area contributed by atoms with Gasteiger partial charge < -0.3 is 19.5 Å². The highest BCUT2D eigenvalue weighted by atomic mass is 16.6. The lowest BCUT2D eigenvalue weighted by atomic mass is 10.0. The predicted octanol–water partition coefficient (Wildman–Crippen LogP) is 5.31. The van der Waals surface area contributed by atoms with Gasteiger partial charge in [-0.3, -0.25) is 4.79 Å². The fourth-order valence-electron chi connectivity index (χ4n) is 3.03. The average Bonchev–Trinajstić information content (AvgIpc) is 3.34. The van der Waals surface area contributed by atoms with Crippen LogP contribution in [-0.4, -0.2) is 15.9 Å². The Hall–Kier alpha value is -3.54. The molecule has 0 unspecified atom stereocenters. The molecule has 4 aromatic rings. The number of para-hydroxylation sites is 2. The van der Waals surface area contributed by atoms with Crippen molar-refractivity contribution in [2.24, 2.45) is 0 Å². The molecule has 148 valence electrons. The van der Waals surface area contributed by atoms with Gasteiger partial charge in [-0.1, -0.05) is 38.1 Å². The number of hydrogen-bond donors (Lipinski definition) is 2. The molecule has 0 fully saturated rings. The van der Waals surface area contributed by atoms with Crippen LogP contribution >= 0.6 is 0 Å². The number of rotatable bonds is 6. The summed E-state index contributed by atoms with van der Waals surface area (Å²) < 4.78 is 11.5. The van der Waals surface area contributed by atoms with E-state index in [1.165, 1.54) is 5.56 Å². The average molecular weight is 389 g/mol. The summed E-state index contributed by atoms with van der Waals surface area (Å²) >= 11 is 0. The molecule has 0 saturated heterocycles. The van der Waals surface area contributed by atoms with E-state index >= 15 is 0 Å². The lowest BCUT2D eigenvalue weighted by Gasteiger charge is -2.10. The first-order valence-electron chi connectivity index (χ1n) is 9.59. The Morgan fingerprint density at radius 1 is 1.17 bits per heavy atom. The van der Waals surface area contributed by atoms with Crippen molar-refractivity contribution in [3.63, 3.8) is 0 Å². The molecule has 4 rings (SSSR count). The molecular formula is C23H23N3O3. The lowest BCUT2D eigenvalue weighted by Crippen LogP contribution is -2.22. The number of carbonyl (C=O) groups is 1. The molecule has 0 aliphatic carbocycles. The number of imidazole rings is 1. The molecule has 2 aromatic heterocycles. The molecule has 0 radical (unpaired) electrons. The number of furan rings is 1. The van der Waals surface area contributed by atoms with Gasteiger partial charge in [0.05, 0.1) is 17.6 Å². The molecule has 1 amide bonds. The molecular weight excluding hydrogens is 366 g/mol. The number of aromatic nitrogens is 2. The normalized spacial score (nSPS) is 11.2. The standard InChI is InChI=1S/C23H23N3O3/c1-14(2)16-9-8-15(3)20(12-16)29-22-11-10-19(28-22)23(27)24-13-21-25-17-6-4-5-7-18(17)26-21/h4-12,14H,13H2,1-3H3,(H,24,27)(H,25,26). The van der Waals surface area contributed by atoms with Gasteiger partial charge in [-0.2, -0.15) is 0 Å². The zero-order valence-electron chi connectivity index (χ0n) is 16.7. The van der Waals surface area contributed by atoms with Crippen molar-refractivity contribution in [3.8, 4) is 11.7 Å². The fraction of sp³-hybridized carbons (Fsp3) is 0.217. The third-order valence-corrected chi connectivity index (χ3v) is 4.75. The summed E-state index contributed by atoms with van der Waals surface area (Å²) in [5.74, 6) is 1.95. The number of benzene rings is 2. The van der Waals surface area contributed by atoms with Gasteiger partial charge in [-0.05, 0) is 48.2 Å². The van der Waals surface area contributed by atoms with Crippen molar-refractivity contribution < 1.29 is 13.9 Å². The Balaban J connectivity index is 1.42. The Bertz CT molecular complexity index is 1120. The van der Waals surface area contributed by atoms with Crippen LogP contribution in [0.4, 0.5) is 0 Å². The number of amides is 1. The Kier molecular flexibility index (Phi) is 5.08. The quantitative estimate of drug-likeness (QED) is 0.468. The third-order valence-electron chi connectivity index (χ3n) is 4.75. The van der Waals surface area contributed by atoms with E-state index in [0.717, 1.165) is 22.3 Å². The predicted molar refractivity (Wildman–Crippen MR) is 111 cm³/mol. The highest BCUT2D eigenvalue weighted by Gasteiger charge is 2.14. The topological polar surface area (TPSA) is 80.1 Å². The summed E-state index contributed by atoms with van der Waals surface area (Å²) in [7, 11) is 0. The third kappa shape index (κ3) is 4.16. The number of fused-ring (bicyclic) bond motifs is 1. The molecule has 0 atom stereocenters. The maximum absolute atomic E-state index is 12.4. The zero-order valence-corrected chi connectivity index (χ0v) is 16.7. The van der Waals surface area contributed by atoms with Crippen molar-refractivity contribution in [1.29, 1.82) is 0 Å². The molecule has 0 spiro atoms.